The van der Waals surface area contributed by atoms with Gasteiger partial charge in [0.05, 0.1) is 24.1 Å². The first kappa shape index (κ1) is 16.3. The standard InChI is InChI=1S/C19H19N3O4/c1-25-16-7-6-11(10-15(16)23)18-20-19(24)13-5-3-4-12-14(21-26-2)8-9-22(18)17(12)13/h3-7,10,18,23H,8-9H2,1-2H3,(H,20,24). The Kier molecular flexibility index (Phi) is 3.91. The van der Waals surface area contributed by atoms with Crippen molar-refractivity contribution >= 4 is 17.3 Å². The van der Waals surface area contributed by atoms with Crippen LogP contribution in [0.2, 0.25) is 0 Å². The summed E-state index contributed by atoms with van der Waals surface area (Å²) in [4.78, 5) is 19.8. The van der Waals surface area contributed by atoms with Crippen molar-refractivity contribution in [3.63, 3.8) is 0 Å². The number of ether oxygens (including phenoxy) is 1. The van der Waals surface area contributed by atoms with Crippen LogP contribution in [0.3, 0.4) is 0 Å². The van der Waals surface area contributed by atoms with E-state index in [9.17, 15) is 9.90 Å². The molecule has 2 aromatic rings. The molecule has 2 aliphatic rings. The first-order chi connectivity index (χ1) is 12.6. The number of aromatic hydroxyl groups is 1. The number of rotatable bonds is 3. The van der Waals surface area contributed by atoms with Gasteiger partial charge in [0.15, 0.2) is 11.5 Å². The Morgan fingerprint density at radius 2 is 2.04 bits per heavy atom. The number of methoxy groups -OCH3 is 1. The highest BCUT2D eigenvalue weighted by molar-refractivity contribution is 6.13. The number of phenols is 1. The zero-order valence-corrected chi connectivity index (χ0v) is 14.5. The molecule has 0 bridgehead atoms. The third-order valence-corrected chi connectivity index (χ3v) is 4.77. The summed E-state index contributed by atoms with van der Waals surface area (Å²) in [5, 5.41) is 17.3. The summed E-state index contributed by atoms with van der Waals surface area (Å²) in [6, 6.07) is 10.8. The number of nitrogens with one attached hydrogen (secondary N) is 1. The van der Waals surface area contributed by atoms with Crippen molar-refractivity contribution in [2.75, 3.05) is 25.7 Å². The van der Waals surface area contributed by atoms with Crippen molar-refractivity contribution < 1.29 is 19.5 Å². The van der Waals surface area contributed by atoms with Crippen LogP contribution in [0.25, 0.3) is 0 Å². The van der Waals surface area contributed by atoms with Gasteiger partial charge < -0.3 is 24.9 Å². The fourth-order valence-electron chi connectivity index (χ4n) is 3.63. The van der Waals surface area contributed by atoms with Gasteiger partial charge in [-0.1, -0.05) is 23.4 Å². The fraction of sp³-hybridized carbons (Fsp3) is 0.263. The van der Waals surface area contributed by atoms with E-state index in [0.29, 0.717) is 24.3 Å². The van der Waals surface area contributed by atoms with Crippen molar-refractivity contribution in [2.24, 2.45) is 5.16 Å². The Hall–Kier alpha value is -3.22. The van der Waals surface area contributed by atoms with Gasteiger partial charge in [-0.2, -0.15) is 0 Å². The molecule has 0 saturated carbocycles. The van der Waals surface area contributed by atoms with E-state index in [1.807, 2.05) is 18.2 Å². The van der Waals surface area contributed by atoms with Gasteiger partial charge >= 0.3 is 0 Å². The quantitative estimate of drug-likeness (QED) is 0.828. The molecule has 26 heavy (non-hydrogen) atoms. The minimum absolute atomic E-state index is 0.0389. The SMILES string of the molecule is CON=C1CCN2c3c(cccc31)C(=O)NC2c1ccc(OC)c(O)c1. The number of nitrogens with zero attached hydrogens (tertiary/aromatic N) is 2. The number of hydrogen-bond donors (Lipinski definition) is 2. The van der Waals surface area contributed by atoms with Crippen LogP contribution >= 0.6 is 0 Å². The van der Waals surface area contributed by atoms with E-state index in [4.69, 9.17) is 9.57 Å². The number of carbonyl (C=O) groups excluding carboxylic acids is 1. The number of amides is 1. The number of para-hydroxylation sites is 1. The lowest BCUT2D eigenvalue weighted by atomic mass is 9.92. The summed E-state index contributed by atoms with van der Waals surface area (Å²) < 4.78 is 5.11. The van der Waals surface area contributed by atoms with Gasteiger partial charge in [0.2, 0.25) is 0 Å². The van der Waals surface area contributed by atoms with Gasteiger partial charge in [0.1, 0.15) is 13.3 Å². The first-order valence-corrected chi connectivity index (χ1v) is 8.32. The smallest absolute Gasteiger partial charge is 0.255 e. The van der Waals surface area contributed by atoms with Gasteiger partial charge in [-0.15, -0.1) is 0 Å². The van der Waals surface area contributed by atoms with E-state index in [0.717, 1.165) is 22.5 Å². The maximum Gasteiger partial charge on any atom is 0.255 e. The van der Waals surface area contributed by atoms with E-state index in [1.165, 1.54) is 14.2 Å². The van der Waals surface area contributed by atoms with Gasteiger partial charge in [-0.25, -0.2) is 0 Å². The average molecular weight is 353 g/mol. The summed E-state index contributed by atoms with van der Waals surface area (Å²) in [5.41, 5.74) is 3.96. The third kappa shape index (κ3) is 2.44. The zero-order valence-electron chi connectivity index (χ0n) is 14.5. The number of hydrogen-bond acceptors (Lipinski definition) is 6. The lowest BCUT2D eigenvalue weighted by Gasteiger charge is -2.42. The number of carbonyl (C=O) groups is 1. The number of phenolic OH excluding ortho intramolecular Hbond substituents is 1. The molecule has 0 aliphatic carbocycles. The molecule has 1 amide bonds. The lowest BCUT2D eigenvalue weighted by Crippen LogP contribution is -2.49. The molecule has 0 saturated heterocycles. The number of benzene rings is 2. The molecule has 0 fully saturated rings. The summed E-state index contributed by atoms with van der Waals surface area (Å²) in [6.07, 6.45) is 0.316. The van der Waals surface area contributed by atoms with Crippen LogP contribution in [-0.2, 0) is 4.84 Å². The predicted molar refractivity (Wildman–Crippen MR) is 96.8 cm³/mol. The zero-order chi connectivity index (χ0) is 18.3. The molecule has 0 aromatic heterocycles. The summed E-state index contributed by atoms with van der Waals surface area (Å²) in [7, 11) is 3.02. The molecular formula is C19H19N3O4. The topological polar surface area (TPSA) is 83.4 Å². The predicted octanol–water partition coefficient (Wildman–Crippen LogP) is 2.40. The molecule has 1 unspecified atom stereocenters. The molecule has 4 rings (SSSR count). The van der Waals surface area contributed by atoms with Crippen LogP contribution in [-0.4, -0.2) is 37.5 Å². The molecule has 2 aliphatic heterocycles. The molecular weight excluding hydrogens is 334 g/mol. The van der Waals surface area contributed by atoms with Gasteiger partial charge in [-0.3, -0.25) is 4.79 Å². The molecule has 0 spiro atoms. The highest BCUT2D eigenvalue weighted by Gasteiger charge is 2.37. The first-order valence-electron chi connectivity index (χ1n) is 8.32. The third-order valence-electron chi connectivity index (χ3n) is 4.77. The normalized spacial score (nSPS) is 19.8. The molecule has 2 aromatic carbocycles. The maximum absolute atomic E-state index is 12.7. The van der Waals surface area contributed by atoms with Crippen LogP contribution in [0.5, 0.6) is 11.5 Å². The number of oxime groups is 1. The fourth-order valence-corrected chi connectivity index (χ4v) is 3.63. The molecule has 0 radical (unpaired) electrons. The maximum atomic E-state index is 12.7. The monoisotopic (exact) mass is 353 g/mol. The van der Waals surface area contributed by atoms with E-state index in [-0.39, 0.29) is 17.8 Å². The van der Waals surface area contributed by atoms with Gasteiger partial charge in [0.25, 0.3) is 5.91 Å². The van der Waals surface area contributed by atoms with Crippen molar-refractivity contribution in [1.82, 2.24) is 5.32 Å². The Morgan fingerprint density at radius 1 is 1.23 bits per heavy atom. The molecule has 2 heterocycles. The Balaban J connectivity index is 1.83. The van der Waals surface area contributed by atoms with E-state index < -0.39 is 0 Å². The van der Waals surface area contributed by atoms with Crippen LogP contribution in [0, 0.1) is 0 Å². The minimum Gasteiger partial charge on any atom is -0.504 e. The van der Waals surface area contributed by atoms with Crippen LogP contribution in [0.1, 0.15) is 34.1 Å². The second-order valence-corrected chi connectivity index (χ2v) is 6.17. The van der Waals surface area contributed by atoms with Gasteiger partial charge in [0, 0.05) is 18.5 Å². The molecule has 1 atom stereocenters. The van der Waals surface area contributed by atoms with Crippen molar-refractivity contribution in [3.8, 4) is 11.5 Å². The van der Waals surface area contributed by atoms with Crippen molar-refractivity contribution in [1.29, 1.82) is 0 Å². The summed E-state index contributed by atoms with van der Waals surface area (Å²) in [6.45, 7) is 0.671. The van der Waals surface area contributed by atoms with Crippen molar-refractivity contribution in [3.05, 3.63) is 53.1 Å². The second-order valence-electron chi connectivity index (χ2n) is 6.17. The molecule has 7 nitrogen and oxygen atoms in total. The minimum atomic E-state index is -0.378. The van der Waals surface area contributed by atoms with E-state index in [1.54, 1.807) is 18.2 Å². The Bertz CT molecular complexity index is 910. The van der Waals surface area contributed by atoms with Crippen LogP contribution in [0.15, 0.2) is 41.6 Å². The summed E-state index contributed by atoms with van der Waals surface area (Å²) >= 11 is 0. The Labute approximate surface area is 150 Å². The largest absolute Gasteiger partial charge is 0.504 e. The average Bonchev–Trinajstić information content (AvgIpc) is 2.66. The van der Waals surface area contributed by atoms with Crippen molar-refractivity contribution in [2.45, 2.75) is 12.6 Å². The second kappa shape index (κ2) is 6.25. The highest BCUT2D eigenvalue weighted by Crippen LogP contribution is 2.40. The Morgan fingerprint density at radius 3 is 2.77 bits per heavy atom. The summed E-state index contributed by atoms with van der Waals surface area (Å²) in [5.74, 6) is 0.277. The molecule has 134 valence electrons. The van der Waals surface area contributed by atoms with E-state index >= 15 is 0 Å². The highest BCUT2D eigenvalue weighted by atomic mass is 16.6. The van der Waals surface area contributed by atoms with E-state index in [2.05, 4.69) is 15.4 Å². The van der Waals surface area contributed by atoms with Crippen LogP contribution < -0.4 is 15.0 Å². The van der Waals surface area contributed by atoms with Crippen LogP contribution in [0.4, 0.5) is 5.69 Å². The lowest BCUT2D eigenvalue weighted by molar-refractivity contribution is 0.0926. The molecule has 7 heteroatoms. The van der Waals surface area contributed by atoms with Gasteiger partial charge in [-0.05, 0) is 23.8 Å². The number of anilines is 1. The molecule has 2 N–H and O–H groups in total.